The second-order valence-corrected chi connectivity index (χ2v) is 5.62. The third-order valence-corrected chi connectivity index (χ3v) is 3.26. The van der Waals surface area contributed by atoms with Gasteiger partial charge in [-0.3, -0.25) is 4.79 Å². The molecule has 1 aliphatic rings. The maximum absolute atomic E-state index is 11.5. The molecule has 1 fully saturated rings. The van der Waals surface area contributed by atoms with Gasteiger partial charge in [-0.05, 0) is 27.2 Å². The number of rotatable bonds is 7. The van der Waals surface area contributed by atoms with Crippen LogP contribution in [0.25, 0.3) is 0 Å². The number of carbonyl (C=O) groups excluding carboxylic acids is 1. The van der Waals surface area contributed by atoms with Crippen molar-refractivity contribution in [3.05, 3.63) is 0 Å². The van der Waals surface area contributed by atoms with E-state index in [1.54, 1.807) is 0 Å². The van der Waals surface area contributed by atoms with E-state index >= 15 is 0 Å². The van der Waals surface area contributed by atoms with Crippen LogP contribution in [0.1, 0.15) is 66.2 Å². The van der Waals surface area contributed by atoms with E-state index in [1.807, 2.05) is 20.8 Å². The Morgan fingerprint density at radius 3 is 2.53 bits per heavy atom. The first-order valence-electron chi connectivity index (χ1n) is 7.48. The SMILES string of the molecule is CCCCC[C@@H]1C[C@H](CC(=O)OCC)OC(C)(C)O1. The summed E-state index contributed by atoms with van der Waals surface area (Å²) in [5.41, 5.74) is 0. The zero-order valence-electron chi connectivity index (χ0n) is 12.7. The molecule has 0 bridgehead atoms. The number of unbranched alkanes of at least 4 members (excludes halogenated alkanes) is 2. The Kier molecular flexibility index (Phi) is 6.80. The van der Waals surface area contributed by atoms with Gasteiger partial charge in [0, 0.05) is 6.42 Å². The number of hydrogen-bond acceptors (Lipinski definition) is 4. The number of esters is 1. The van der Waals surface area contributed by atoms with Crippen molar-refractivity contribution in [1.29, 1.82) is 0 Å². The number of hydrogen-bond donors (Lipinski definition) is 0. The van der Waals surface area contributed by atoms with Crippen molar-refractivity contribution in [3.63, 3.8) is 0 Å². The lowest BCUT2D eigenvalue weighted by Gasteiger charge is -2.40. The van der Waals surface area contributed by atoms with Gasteiger partial charge in [0.2, 0.25) is 0 Å². The summed E-state index contributed by atoms with van der Waals surface area (Å²) < 4.78 is 16.7. The molecule has 0 unspecified atom stereocenters. The van der Waals surface area contributed by atoms with Crippen molar-refractivity contribution < 1.29 is 19.0 Å². The van der Waals surface area contributed by atoms with Gasteiger partial charge in [0.1, 0.15) is 0 Å². The topological polar surface area (TPSA) is 44.8 Å². The van der Waals surface area contributed by atoms with E-state index in [1.165, 1.54) is 19.3 Å². The number of ether oxygens (including phenoxy) is 3. The molecule has 112 valence electrons. The maximum atomic E-state index is 11.5. The van der Waals surface area contributed by atoms with Gasteiger partial charge in [-0.15, -0.1) is 0 Å². The summed E-state index contributed by atoms with van der Waals surface area (Å²) in [6.45, 7) is 8.26. The molecule has 4 nitrogen and oxygen atoms in total. The van der Waals surface area contributed by atoms with Crippen molar-refractivity contribution in [1.82, 2.24) is 0 Å². The average molecular weight is 272 g/mol. The molecule has 0 saturated carbocycles. The Balaban J connectivity index is 2.46. The summed E-state index contributed by atoms with van der Waals surface area (Å²) in [5.74, 6) is -0.788. The fraction of sp³-hybridized carbons (Fsp3) is 0.933. The average Bonchev–Trinajstić information content (AvgIpc) is 2.27. The summed E-state index contributed by atoms with van der Waals surface area (Å²) in [6.07, 6.45) is 5.85. The molecular weight excluding hydrogens is 244 g/mol. The van der Waals surface area contributed by atoms with Gasteiger partial charge in [-0.2, -0.15) is 0 Å². The Morgan fingerprint density at radius 2 is 1.89 bits per heavy atom. The largest absolute Gasteiger partial charge is 0.466 e. The molecule has 0 aromatic rings. The molecule has 1 aliphatic heterocycles. The van der Waals surface area contributed by atoms with Gasteiger partial charge in [-0.1, -0.05) is 26.2 Å². The summed E-state index contributed by atoms with van der Waals surface area (Å²) in [5, 5.41) is 0. The minimum absolute atomic E-state index is 0.0885. The fourth-order valence-corrected chi connectivity index (χ4v) is 2.55. The molecule has 0 aromatic heterocycles. The molecule has 1 rings (SSSR count). The molecular formula is C15H28O4. The van der Waals surface area contributed by atoms with Crippen LogP contribution in [-0.4, -0.2) is 30.6 Å². The van der Waals surface area contributed by atoms with Gasteiger partial charge in [0.25, 0.3) is 0 Å². The molecule has 0 aromatic carbocycles. The highest BCUT2D eigenvalue weighted by Crippen LogP contribution is 2.30. The molecule has 0 radical (unpaired) electrons. The molecule has 0 aliphatic carbocycles. The lowest BCUT2D eigenvalue weighted by atomic mass is 10.0. The molecule has 0 spiro atoms. The molecule has 0 amide bonds. The summed E-state index contributed by atoms with van der Waals surface area (Å²) >= 11 is 0. The van der Waals surface area contributed by atoms with Crippen LogP contribution in [0.15, 0.2) is 0 Å². The van der Waals surface area contributed by atoms with Crippen LogP contribution in [0.4, 0.5) is 0 Å². The lowest BCUT2D eigenvalue weighted by Crippen LogP contribution is -2.45. The fourth-order valence-electron chi connectivity index (χ4n) is 2.55. The summed E-state index contributed by atoms with van der Waals surface area (Å²) in [6, 6.07) is 0. The van der Waals surface area contributed by atoms with Crippen LogP contribution in [-0.2, 0) is 19.0 Å². The highest BCUT2D eigenvalue weighted by Gasteiger charge is 2.36. The van der Waals surface area contributed by atoms with Crippen molar-refractivity contribution in [2.24, 2.45) is 0 Å². The first-order chi connectivity index (χ1) is 8.96. The summed E-state index contributed by atoms with van der Waals surface area (Å²) in [7, 11) is 0. The van der Waals surface area contributed by atoms with Gasteiger partial charge in [-0.25, -0.2) is 0 Å². The highest BCUT2D eigenvalue weighted by molar-refractivity contribution is 5.69. The first-order valence-corrected chi connectivity index (χ1v) is 7.48. The van der Waals surface area contributed by atoms with Crippen molar-refractivity contribution >= 4 is 5.97 Å². The predicted octanol–water partition coefficient (Wildman–Crippen LogP) is 3.43. The van der Waals surface area contributed by atoms with Crippen LogP contribution in [0, 0.1) is 0 Å². The Labute approximate surface area is 116 Å². The Morgan fingerprint density at radius 1 is 1.21 bits per heavy atom. The molecule has 4 heteroatoms. The van der Waals surface area contributed by atoms with Crippen molar-refractivity contribution in [2.75, 3.05) is 6.61 Å². The van der Waals surface area contributed by atoms with Crippen LogP contribution in [0.2, 0.25) is 0 Å². The molecule has 1 saturated heterocycles. The van der Waals surface area contributed by atoms with Gasteiger partial charge in [0.05, 0.1) is 25.2 Å². The minimum Gasteiger partial charge on any atom is -0.466 e. The normalized spacial score (nSPS) is 26.1. The predicted molar refractivity (Wildman–Crippen MR) is 73.8 cm³/mol. The van der Waals surface area contributed by atoms with E-state index < -0.39 is 5.79 Å². The standard InChI is InChI=1S/C15H28O4/c1-5-7-8-9-12-10-13(11-14(16)17-6-2)19-15(3,4)18-12/h12-13H,5-11H2,1-4H3/t12-,13-/m1/s1. The summed E-state index contributed by atoms with van der Waals surface area (Å²) in [4.78, 5) is 11.5. The second-order valence-electron chi connectivity index (χ2n) is 5.62. The van der Waals surface area contributed by atoms with E-state index in [0.717, 1.165) is 12.8 Å². The highest BCUT2D eigenvalue weighted by atomic mass is 16.7. The maximum Gasteiger partial charge on any atom is 0.308 e. The van der Waals surface area contributed by atoms with E-state index in [4.69, 9.17) is 14.2 Å². The monoisotopic (exact) mass is 272 g/mol. The quantitative estimate of drug-likeness (QED) is 0.526. The second kappa shape index (κ2) is 7.85. The van der Waals surface area contributed by atoms with Crippen LogP contribution >= 0.6 is 0 Å². The third kappa shape index (κ3) is 6.39. The smallest absolute Gasteiger partial charge is 0.308 e. The van der Waals surface area contributed by atoms with E-state index in [9.17, 15) is 4.79 Å². The van der Waals surface area contributed by atoms with Crippen LogP contribution < -0.4 is 0 Å². The van der Waals surface area contributed by atoms with Gasteiger partial charge < -0.3 is 14.2 Å². The Hall–Kier alpha value is -0.610. The third-order valence-electron chi connectivity index (χ3n) is 3.26. The van der Waals surface area contributed by atoms with E-state index in [-0.39, 0.29) is 18.2 Å². The van der Waals surface area contributed by atoms with E-state index in [0.29, 0.717) is 13.0 Å². The van der Waals surface area contributed by atoms with Crippen LogP contribution in [0.3, 0.4) is 0 Å². The van der Waals surface area contributed by atoms with E-state index in [2.05, 4.69) is 6.92 Å². The number of carbonyl (C=O) groups is 1. The van der Waals surface area contributed by atoms with Gasteiger partial charge in [0.15, 0.2) is 5.79 Å². The zero-order chi connectivity index (χ0) is 14.3. The molecule has 2 atom stereocenters. The minimum atomic E-state index is -0.605. The molecule has 0 N–H and O–H groups in total. The van der Waals surface area contributed by atoms with Crippen LogP contribution in [0.5, 0.6) is 0 Å². The van der Waals surface area contributed by atoms with Gasteiger partial charge >= 0.3 is 5.97 Å². The Bertz CT molecular complexity index is 275. The molecule has 19 heavy (non-hydrogen) atoms. The zero-order valence-corrected chi connectivity index (χ0v) is 12.7. The first kappa shape index (κ1) is 16.4. The van der Waals surface area contributed by atoms with Crippen molar-refractivity contribution in [2.45, 2.75) is 84.2 Å². The lowest BCUT2D eigenvalue weighted by molar-refractivity contribution is -0.300. The molecule has 1 heterocycles. The van der Waals surface area contributed by atoms with Crippen molar-refractivity contribution in [3.8, 4) is 0 Å².